The number of carbonyl (C=O) groups excluding carboxylic acids is 1. The van der Waals surface area contributed by atoms with Gasteiger partial charge < -0.3 is 25.0 Å². The van der Waals surface area contributed by atoms with Crippen molar-refractivity contribution in [1.82, 2.24) is 29.8 Å². The molecule has 1 amide bonds. The zero-order valence-electron chi connectivity index (χ0n) is 23.1. The molecule has 1 saturated heterocycles. The molecule has 1 saturated carbocycles. The predicted molar refractivity (Wildman–Crippen MR) is 146 cm³/mol. The van der Waals surface area contributed by atoms with E-state index in [1.807, 2.05) is 25.7 Å². The van der Waals surface area contributed by atoms with E-state index in [1.165, 1.54) is 4.57 Å². The van der Waals surface area contributed by atoms with Crippen molar-refractivity contribution in [2.24, 2.45) is 5.92 Å². The summed E-state index contributed by atoms with van der Waals surface area (Å²) in [6, 6.07) is 7.02. The Morgan fingerprint density at radius 1 is 1.05 bits per heavy atom. The van der Waals surface area contributed by atoms with Crippen molar-refractivity contribution in [3.05, 3.63) is 30.1 Å². The number of rotatable bonds is 7. The number of hydrogen-bond acceptors (Lipinski definition) is 9. The maximum Gasteiger partial charge on any atom is 0.407 e. The van der Waals surface area contributed by atoms with Crippen molar-refractivity contribution in [2.75, 3.05) is 43.1 Å². The number of nitrogens with zero attached hydrogens (tertiary/aromatic N) is 6. The van der Waals surface area contributed by atoms with Crippen LogP contribution in [-0.4, -0.2) is 75.1 Å². The standard InChI is InChI=1S/C27H36F2N8O3/c1-27(2,3)40-26(38)31-18-10-8-17(9-11-18)16-30-23-33-24(36-12-14-39-15-13-36)35-25(34-23)37-20-7-5-4-6-19(20)32-22(37)21(28)29/h4-7,17-18,21H,8-16H2,1-3H3,(H,31,38)(H,30,33,34,35). The number of morpholine rings is 1. The number of para-hydroxylation sites is 2. The molecule has 0 unspecified atom stereocenters. The lowest BCUT2D eigenvalue weighted by Crippen LogP contribution is -2.41. The number of alkyl halides is 2. The molecule has 2 aromatic heterocycles. The van der Waals surface area contributed by atoms with E-state index in [2.05, 4.69) is 30.6 Å². The third-order valence-corrected chi connectivity index (χ3v) is 7.00. The number of halogens is 2. The average molecular weight is 559 g/mol. The number of hydrogen-bond donors (Lipinski definition) is 2. The highest BCUT2D eigenvalue weighted by Crippen LogP contribution is 2.29. The number of imidazole rings is 1. The van der Waals surface area contributed by atoms with E-state index in [0.717, 1.165) is 25.7 Å². The van der Waals surface area contributed by atoms with Crippen molar-refractivity contribution in [3.63, 3.8) is 0 Å². The number of aromatic nitrogens is 5. The molecule has 11 nitrogen and oxygen atoms in total. The van der Waals surface area contributed by atoms with Crippen molar-refractivity contribution < 1.29 is 23.0 Å². The van der Waals surface area contributed by atoms with Crippen LogP contribution < -0.4 is 15.5 Å². The molecule has 5 rings (SSSR count). The van der Waals surface area contributed by atoms with Gasteiger partial charge in [0.15, 0.2) is 5.82 Å². The van der Waals surface area contributed by atoms with Crippen molar-refractivity contribution in [1.29, 1.82) is 0 Å². The summed E-state index contributed by atoms with van der Waals surface area (Å²) in [7, 11) is 0. The van der Waals surface area contributed by atoms with Gasteiger partial charge in [0.05, 0.1) is 24.2 Å². The third-order valence-electron chi connectivity index (χ3n) is 7.00. The molecule has 216 valence electrons. The molecule has 1 aliphatic heterocycles. The SMILES string of the molecule is CC(C)(C)OC(=O)NC1CCC(CNc2nc(N3CCOCC3)nc(-n3c(C(F)F)nc4ccccc43)n2)CC1. The Bertz CT molecular complexity index is 1310. The number of fused-ring (bicyclic) bond motifs is 1. The van der Waals surface area contributed by atoms with Gasteiger partial charge >= 0.3 is 6.09 Å². The summed E-state index contributed by atoms with van der Waals surface area (Å²) >= 11 is 0. The monoisotopic (exact) mass is 558 g/mol. The molecule has 0 atom stereocenters. The second-order valence-corrected chi connectivity index (χ2v) is 11.2. The molecule has 1 aliphatic carbocycles. The first-order valence-electron chi connectivity index (χ1n) is 13.7. The van der Waals surface area contributed by atoms with E-state index >= 15 is 0 Å². The van der Waals surface area contributed by atoms with E-state index in [1.54, 1.807) is 24.3 Å². The number of carbonyl (C=O) groups is 1. The van der Waals surface area contributed by atoms with Gasteiger partial charge in [-0.25, -0.2) is 18.6 Å². The minimum Gasteiger partial charge on any atom is -0.444 e. The van der Waals surface area contributed by atoms with Gasteiger partial charge in [-0.2, -0.15) is 15.0 Å². The lowest BCUT2D eigenvalue weighted by Gasteiger charge is -2.30. The zero-order valence-corrected chi connectivity index (χ0v) is 23.1. The molecule has 0 radical (unpaired) electrons. The summed E-state index contributed by atoms with van der Waals surface area (Å²) in [6.45, 7) is 8.37. The van der Waals surface area contributed by atoms with Gasteiger partial charge in [0.1, 0.15) is 5.60 Å². The number of nitrogens with one attached hydrogen (secondary N) is 2. The molecule has 0 spiro atoms. The first-order valence-corrected chi connectivity index (χ1v) is 13.7. The highest BCUT2D eigenvalue weighted by Gasteiger charge is 2.27. The minimum atomic E-state index is -2.81. The third kappa shape index (κ3) is 6.75. The summed E-state index contributed by atoms with van der Waals surface area (Å²) in [6.07, 6.45) is 0.291. The minimum absolute atomic E-state index is 0.0742. The fraction of sp³-hybridized carbons (Fsp3) is 0.593. The molecule has 3 aromatic rings. The molecular formula is C27H36F2N8O3. The van der Waals surface area contributed by atoms with E-state index in [0.29, 0.717) is 61.7 Å². The first-order chi connectivity index (χ1) is 19.2. The van der Waals surface area contributed by atoms with Crippen LogP contribution in [-0.2, 0) is 9.47 Å². The fourth-order valence-corrected chi connectivity index (χ4v) is 5.06. The van der Waals surface area contributed by atoms with Gasteiger partial charge in [0.2, 0.25) is 17.8 Å². The Kier molecular flexibility index (Phi) is 8.29. The topological polar surface area (TPSA) is 119 Å². The number of ether oxygens (including phenoxy) is 2. The van der Waals surface area contributed by atoms with Crippen LogP contribution in [0.2, 0.25) is 0 Å². The largest absolute Gasteiger partial charge is 0.444 e. The molecular weight excluding hydrogens is 522 g/mol. The number of alkyl carbamates (subject to hydrolysis) is 1. The summed E-state index contributed by atoms with van der Waals surface area (Å²) in [5.41, 5.74) is 0.407. The normalized spacial score (nSPS) is 20.1. The van der Waals surface area contributed by atoms with Crippen LogP contribution in [0.5, 0.6) is 0 Å². The predicted octanol–water partition coefficient (Wildman–Crippen LogP) is 4.48. The summed E-state index contributed by atoms with van der Waals surface area (Å²) in [5, 5.41) is 6.29. The molecule has 0 bridgehead atoms. The van der Waals surface area contributed by atoms with Crippen molar-refractivity contribution in [3.8, 4) is 5.95 Å². The Balaban J connectivity index is 1.33. The molecule has 1 aromatic carbocycles. The van der Waals surface area contributed by atoms with Gasteiger partial charge in [-0.15, -0.1) is 0 Å². The zero-order chi connectivity index (χ0) is 28.3. The number of anilines is 2. The first kappa shape index (κ1) is 27.9. The maximum atomic E-state index is 14.1. The lowest BCUT2D eigenvalue weighted by molar-refractivity contribution is 0.0488. The lowest BCUT2D eigenvalue weighted by atomic mass is 9.86. The van der Waals surface area contributed by atoms with Gasteiger partial charge in [-0.3, -0.25) is 4.57 Å². The van der Waals surface area contributed by atoms with E-state index in [-0.39, 0.29) is 12.0 Å². The van der Waals surface area contributed by atoms with Gasteiger partial charge in [0, 0.05) is 25.7 Å². The van der Waals surface area contributed by atoms with Crippen LogP contribution in [0.1, 0.15) is 58.7 Å². The summed E-state index contributed by atoms with van der Waals surface area (Å²) in [5.74, 6) is 0.738. The second kappa shape index (κ2) is 11.9. The molecule has 13 heteroatoms. The summed E-state index contributed by atoms with van der Waals surface area (Å²) < 4.78 is 40.3. The maximum absolute atomic E-state index is 14.1. The van der Waals surface area contributed by atoms with Crippen LogP contribution in [0.4, 0.5) is 25.5 Å². The Hall–Kier alpha value is -3.61. The Labute approximate surface area is 231 Å². The molecule has 40 heavy (non-hydrogen) atoms. The quantitative estimate of drug-likeness (QED) is 0.433. The van der Waals surface area contributed by atoms with E-state index in [9.17, 15) is 13.6 Å². The Morgan fingerprint density at radius 3 is 2.45 bits per heavy atom. The van der Waals surface area contributed by atoms with Crippen LogP contribution in [0.15, 0.2) is 24.3 Å². The second-order valence-electron chi connectivity index (χ2n) is 11.2. The molecule has 2 aliphatic rings. The fourth-order valence-electron chi connectivity index (χ4n) is 5.06. The van der Waals surface area contributed by atoms with Crippen LogP contribution >= 0.6 is 0 Å². The van der Waals surface area contributed by atoms with Crippen molar-refractivity contribution in [2.45, 2.75) is 64.5 Å². The van der Waals surface area contributed by atoms with Crippen LogP contribution in [0, 0.1) is 5.92 Å². The smallest absolute Gasteiger partial charge is 0.407 e. The van der Waals surface area contributed by atoms with E-state index in [4.69, 9.17) is 9.47 Å². The van der Waals surface area contributed by atoms with E-state index < -0.39 is 23.9 Å². The highest BCUT2D eigenvalue weighted by molar-refractivity contribution is 5.77. The molecule has 2 fully saturated rings. The average Bonchev–Trinajstić information content (AvgIpc) is 3.32. The number of amides is 1. The van der Waals surface area contributed by atoms with Gasteiger partial charge in [0.25, 0.3) is 6.43 Å². The van der Waals surface area contributed by atoms with Crippen molar-refractivity contribution >= 4 is 29.0 Å². The Morgan fingerprint density at radius 2 is 1.75 bits per heavy atom. The van der Waals surface area contributed by atoms with Crippen LogP contribution in [0.25, 0.3) is 17.0 Å². The van der Waals surface area contributed by atoms with Gasteiger partial charge in [-0.05, 0) is 64.5 Å². The number of benzene rings is 1. The summed E-state index contributed by atoms with van der Waals surface area (Å²) in [4.78, 5) is 32.0. The molecule has 3 heterocycles. The van der Waals surface area contributed by atoms with Crippen LogP contribution in [0.3, 0.4) is 0 Å². The van der Waals surface area contributed by atoms with Gasteiger partial charge in [-0.1, -0.05) is 12.1 Å². The highest BCUT2D eigenvalue weighted by atomic mass is 19.3. The molecule has 2 N–H and O–H groups in total.